The van der Waals surface area contributed by atoms with E-state index < -0.39 is 23.2 Å². The summed E-state index contributed by atoms with van der Waals surface area (Å²) in [6.07, 6.45) is 0.116. The van der Waals surface area contributed by atoms with Crippen LogP contribution in [-0.4, -0.2) is 12.5 Å². The minimum atomic E-state index is -0.786. The fourth-order valence-corrected chi connectivity index (χ4v) is 2.43. The fourth-order valence-electron chi connectivity index (χ4n) is 2.43. The van der Waals surface area contributed by atoms with E-state index in [0.717, 1.165) is 23.4 Å². The lowest BCUT2D eigenvalue weighted by atomic mass is 9.97. The van der Waals surface area contributed by atoms with E-state index in [4.69, 9.17) is 4.74 Å². The second-order valence-corrected chi connectivity index (χ2v) is 4.89. The summed E-state index contributed by atoms with van der Waals surface area (Å²) in [5.41, 5.74) is 0.538. The van der Waals surface area contributed by atoms with Crippen molar-refractivity contribution in [2.75, 3.05) is 11.9 Å². The number of fused-ring (bicyclic) bond motifs is 1. The molecular weight excluding hydrogens is 276 g/mol. The molecule has 0 saturated heterocycles. The largest absolute Gasteiger partial charge is 0.493 e. The highest BCUT2D eigenvalue weighted by Crippen LogP contribution is 2.35. The molecule has 0 fully saturated rings. The lowest BCUT2D eigenvalue weighted by molar-refractivity contribution is -0.116. The van der Waals surface area contributed by atoms with Crippen molar-refractivity contribution in [3.8, 4) is 5.75 Å². The summed E-state index contributed by atoms with van der Waals surface area (Å²) < 4.78 is 32.4. The van der Waals surface area contributed by atoms with Gasteiger partial charge >= 0.3 is 0 Å². The van der Waals surface area contributed by atoms with Crippen molar-refractivity contribution in [1.82, 2.24) is 0 Å². The molecule has 108 valence electrons. The van der Waals surface area contributed by atoms with Gasteiger partial charge in [-0.15, -0.1) is 0 Å². The monoisotopic (exact) mass is 289 g/mol. The van der Waals surface area contributed by atoms with Crippen molar-refractivity contribution in [3.05, 3.63) is 59.7 Å². The average molecular weight is 289 g/mol. The smallest absolute Gasteiger partial charge is 0.225 e. The number of carbonyl (C=O) groups excluding carboxylic acids is 1. The molecule has 1 aliphatic rings. The molecule has 0 bridgehead atoms. The van der Waals surface area contributed by atoms with Gasteiger partial charge < -0.3 is 10.1 Å². The van der Waals surface area contributed by atoms with E-state index in [1.54, 1.807) is 0 Å². The first kappa shape index (κ1) is 13.5. The summed E-state index contributed by atoms with van der Waals surface area (Å²) >= 11 is 0. The Morgan fingerprint density at radius 2 is 1.86 bits per heavy atom. The lowest BCUT2D eigenvalue weighted by Crippen LogP contribution is -2.18. The molecule has 3 nitrogen and oxygen atoms in total. The van der Waals surface area contributed by atoms with Crippen molar-refractivity contribution in [2.24, 2.45) is 0 Å². The van der Waals surface area contributed by atoms with E-state index in [-0.39, 0.29) is 12.3 Å². The van der Waals surface area contributed by atoms with Crippen LogP contribution in [0.1, 0.15) is 17.9 Å². The van der Waals surface area contributed by atoms with Crippen molar-refractivity contribution in [2.45, 2.75) is 12.3 Å². The quantitative estimate of drug-likeness (QED) is 0.939. The minimum absolute atomic E-state index is 0.101. The summed E-state index contributed by atoms with van der Waals surface area (Å²) in [7, 11) is 0. The molecule has 1 unspecified atom stereocenters. The third-order valence-corrected chi connectivity index (χ3v) is 3.46. The normalized spacial score (nSPS) is 16.2. The first-order chi connectivity index (χ1) is 10.1. The number of nitrogens with one attached hydrogen (secondary N) is 1. The van der Waals surface area contributed by atoms with Crippen LogP contribution in [0.25, 0.3) is 0 Å². The molecule has 0 aromatic heterocycles. The van der Waals surface area contributed by atoms with Crippen LogP contribution in [-0.2, 0) is 4.79 Å². The number of amides is 1. The first-order valence-corrected chi connectivity index (χ1v) is 6.60. The van der Waals surface area contributed by atoms with Crippen LogP contribution >= 0.6 is 0 Å². The van der Waals surface area contributed by atoms with Crippen LogP contribution < -0.4 is 10.1 Å². The Balaban J connectivity index is 1.71. The van der Waals surface area contributed by atoms with E-state index in [1.807, 2.05) is 24.3 Å². The number of carbonyl (C=O) groups is 1. The molecule has 0 saturated carbocycles. The highest BCUT2D eigenvalue weighted by Gasteiger charge is 2.26. The van der Waals surface area contributed by atoms with Crippen molar-refractivity contribution < 1.29 is 18.3 Å². The Morgan fingerprint density at radius 3 is 2.62 bits per heavy atom. The Hall–Kier alpha value is -2.43. The number of benzene rings is 2. The maximum Gasteiger partial charge on any atom is 0.225 e. The van der Waals surface area contributed by atoms with Gasteiger partial charge in [-0.3, -0.25) is 4.79 Å². The molecule has 0 radical (unpaired) electrons. The summed E-state index contributed by atoms with van der Waals surface area (Å²) in [5, 5.41) is 2.29. The van der Waals surface area contributed by atoms with Gasteiger partial charge in [0.15, 0.2) is 0 Å². The first-order valence-electron chi connectivity index (χ1n) is 6.60. The van der Waals surface area contributed by atoms with Crippen LogP contribution in [0.3, 0.4) is 0 Å². The molecule has 1 atom stereocenters. The lowest BCUT2D eigenvalue weighted by Gasteiger charge is -2.10. The summed E-state index contributed by atoms with van der Waals surface area (Å²) in [6.45, 7) is 0.395. The Morgan fingerprint density at radius 1 is 1.14 bits per heavy atom. The van der Waals surface area contributed by atoms with E-state index in [9.17, 15) is 13.6 Å². The second-order valence-electron chi connectivity index (χ2n) is 4.89. The van der Waals surface area contributed by atoms with Crippen LogP contribution in [0.5, 0.6) is 5.75 Å². The maximum absolute atomic E-state index is 13.5. The Labute approximate surface area is 120 Å². The maximum atomic E-state index is 13.5. The van der Waals surface area contributed by atoms with Gasteiger partial charge in [-0.2, -0.15) is 0 Å². The van der Waals surface area contributed by atoms with E-state index in [2.05, 4.69) is 5.32 Å². The van der Waals surface area contributed by atoms with Gasteiger partial charge in [-0.1, -0.05) is 24.3 Å². The predicted octanol–water partition coefficient (Wildman–Crippen LogP) is 3.47. The Kier molecular flexibility index (Phi) is 3.56. The summed E-state index contributed by atoms with van der Waals surface area (Å²) in [5.74, 6) is -1.36. The molecule has 21 heavy (non-hydrogen) atoms. The van der Waals surface area contributed by atoms with Gasteiger partial charge in [0.25, 0.3) is 0 Å². The highest BCUT2D eigenvalue weighted by atomic mass is 19.1. The van der Waals surface area contributed by atoms with Gasteiger partial charge in [0, 0.05) is 17.9 Å². The molecule has 1 N–H and O–H groups in total. The van der Waals surface area contributed by atoms with Crippen molar-refractivity contribution >= 4 is 11.6 Å². The molecule has 2 aromatic carbocycles. The zero-order chi connectivity index (χ0) is 14.8. The SMILES string of the molecule is O=C(CC1COc2ccccc21)Nc1c(F)cccc1F. The highest BCUT2D eigenvalue weighted by molar-refractivity contribution is 5.91. The van der Waals surface area contributed by atoms with Crippen molar-refractivity contribution in [3.63, 3.8) is 0 Å². The molecule has 2 aromatic rings. The molecule has 0 spiro atoms. The van der Waals surface area contributed by atoms with Gasteiger partial charge in [-0.25, -0.2) is 8.78 Å². The number of para-hydroxylation sites is 2. The topological polar surface area (TPSA) is 38.3 Å². The Bertz CT molecular complexity index is 667. The third-order valence-electron chi connectivity index (χ3n) is 3.46. The van der Waals surface area contributed by atoms with Crippen LogP contribution in [0.4, 0.5) is 14.5 Å². The number of halogens is 2. The van der Waals surface area contributed by atoms with Crippen molar-refractivity contribution in [1.29, 1.82) is 0 Å². The average Bonchev–Trinajstić information content (AvgIpc) is 2.87. The van der Waals surface area contributed by atoms with Crippen LogP contribution in [0, 0.1) is 11.6 Å². The molecule has 5 heteroatoms. The van der Waals surface area contributed by atoms with Gasteiger partial charge in [0.1, 0.15) is 23.1 Å². The number of anilines is 1. The third kappa shape index (κ3) is 2.72. The molecule has 1 amide bonds. The summed E-state index contributed by atoms with van der Waals surface area (Å²) in [6, 6.07) is 10.9. The minimum Gasteiger partial charge on any atom is -0.493 e. The second kappa shape index (κ2) is 5.52. The molecular formula is C16H13F2NO2. The van der Waals surface area contributed by atoms with Crippen LogP contribution in [0.2, 0.25) is 0 Å². The molecule has 0 aliphatic carbocycles. The van der Waals surface area contributed by atoms with Gasteiger partial charge in [0.2, 0.25) is 5.91 Å². The number of hydrogen-bond donors (Lipinski definition) is 1. The number of hydrogen-bond acceptors (Lipinski definition) is 2. The fraction of sp³-hybridized carbons (Fsp3) is 0.188. The number of rotatable bonds is 3. The van der Waals surface area contributed by atoms with E-state index in [0.29, 0.717) is 6.61 Å². The number of ether oxygens (including phenoxy) is 1. The zero-order valence-electron chi connectivity index (χ0n) is 11.1. The molecule has 1 aliphatic heterocycles. The predicted molar refractivity (Wildman–Crippen MR) is 74.3 cm³/mol. The van der Waals surface area contributed by atoms with E-state index >= 15 is 0 Å². The van der Waals surface area contributed by atoms with Gasteiger partial charge in [0.05, 0.1) is 6.61 Å². The van der Waals surface area contributed by atoms with E-state index in [1.165, 1.54) is 6.07 Å². The summed E-state index contributed by atoms with van der Waals surface area (Å²) in [4.78, 5) is 12.0. The molecule has 3 rings (SSSR count). The van der Waals surface area contributed by atoms with Gasteiger partial charge in [-0.05, 0) is 18.2 Å². The van der Waals surface area contributed by atoms with Crippen LogP contribution in [0.15, 0.2) is 42.5 Å². The molecule has 1 heterocycles. The zero-order valence-corrected chi connectivity index (χ0v) is 11.1. The standard InChI is InChI=1S/C16H13F2NO2/c17-12-5-3-6-13(18)16(12)19-15(20)8-10-9-21-14-7-2-1-4-11(10)14/h1-7,10H,8-9H2,(H,19,20).